The summed E-state index contributed by atoms with van der Waals surface area (Å²) in [5, 5.41) is 4.15. The Labute approximate surface area is 177 Å². The van der Waals surface area contributed by atoms with Crippen LogP contribution >= 0.6 is 0 Å². The number of carbonyl (C=O) groups is 1. The summed E-state index contributed by atoms with van der Waals surface area (Å²) < 4.78 is 23.5. The summed E-state index contributed by atoms with van der Waals surface area (Å²) in [6.45, 7) is 0.415. The van der Waals surface area contributed by atoms with E-state index >= 15 is 0 Å². The van der Waals surface area contributed by atoms with Crippen LogP contribution in [0.3, 0.4) is 0 Å². The maximum atomic E-state index is 12.7. The molecule has 6 nitrogen and oxygen atoms in total. The van der Waals surface area contributed by atoms with Gasteiger partial charge in [-0.3, -0.25) is 4.79 Å². The topological polar surface area (TPSA) is 82.3 Å². The molecule has 7 heteroatoms. The van der Waals surface area contributed by atoms with Gasteiger partial charge in [-0.15, -0.1) is 0 Å². The van der Waals surface area contributed by atoms with Crippen LogP contribution in [0.5, 0.6) is 0 Å². The van der Waals surface area contributed by atoms with Crippen molar-refractivity contribution < 1.29 is 13.2 Å². The van der Waals surface area contributed by atoms with Crippen LogP contribution in [-0.4, -0.2) is 51.5 Å². The molecular weight excluding hydrogens is 398 g/mol. The molecule has 30 heavy (non-hydrogen) atoms. The zero-order chi connectivity index (χ0) is 21.3. The van der Waals surface area contributed by atoms with Crippen molar-refractivity contribution in [2.45, 2.75) is 12.3 Å². The molecular formula is C23H27N3O3S. The first-order valence-corrected chi connectivity index (χ1v) is 12.0. The summed E-state index contributed by atoms with van der Waals surface area (Å²) >= 11 is 0. The molecule has 0 aliphatic carbocycles. The van der Waals surface area contributed by atoms with Crippen LogP contribution in [-0.2, 0) is 14.6 Å². The molecule has 4 rings (SSSR count). The molecule has 0 bridgehead atoms. The van der Waals surface area contributed by atoms with Gasteiger partial charge in [0.25, 0.3) is 0 Å². The highest BCUT2D eigenvalue weighted by Crippen LogP contribution is 2.31. The van der Waals surface area contributed by atoms with Crippen molar-refractivity contribution in [3.63, 3.8) is 0 Å². The van der Waals surface area contributed by atoms with Gasteiger partial charge in [0.05, 0.1) is 17.4 Å². The van der Waals surface area contributed by atoms with Crippen LogP contribution in [0.1, 0.15) is 23.5 Å². The lowest BCUT2D eigenvalue weighted by Crippen LogP contribution is -2.34. The van der Waals surface area contributed by atoms with Crippen LogP contribution in [0.4, 0.5) is 5.69 Å². The number of hydrogen-bond donors (Lipinski definition) is 2. The summed E-state index contributed by atoms with van der Waals surface area (Å²) in [6.07, 6.45) is 2.41. The third-order valence-electron chi connectivity index (χ3n) is 5.89. The molecule has 2 atom stereocenters. The first-order chi connectivity index (χ1) is 14.3. The SMILES string of the molecule is CN(C)c1ccc([C@H](CNC(=O)[C@H]2CCS(=O)(=O)C2)c2c[nH]c3ccccc23)cc1. The van der Waals surface area contributed by atoms with Crippen molar-refractivity contribution in [3.05, 3.63) is 65.9 Å². The second kappa shape index (κ2) is 8.14. The van der Waals surface area contributed by atoms with Crippen LogP contribution in [0.2, 0.25) is 0 Å². The molecule has 2 heterocycles. The summed E-state index contributed by atoms with van der Waals surface area (Å²) in [6, 6.07) is 16.4. The summed E-state index contributed by atoms with van der Waals surface area (Å²) in [5.41, 5.74) is 4.37. The van der Waals surface area contributed by atoms with E-state index in [4.69, 9.17) is 0 Å². The minimum absolute atomic E-state index is 0.0423. The lowest BCUT2D eigenvalue weighted by molar-refractivity contribution is -0.124. The van der Waals surface area contributed by atoms with Crippen molar-refractivity contribution in [2.75, 3.05) is 37.0 Å². The first-order valence-electron chi connectivity index (χ1n) is 10.2. The van der Waals surface area contributed by atoms with E-state index in [1.54, 1.807) is 0 Å². The van der Waals surface area contributed by atoms with Crippen LogP contribution in [0, 0.1) is 5.92 Å². The Bertz CT molecular complexity index is 1150. The molecule has 1 fully saturated rings. The molecule has 0 spiro atoms. The van der Waals surface area contributed by atoms with E-state index in [0.717, 1.165) is 27.7 Å². The number of fused-ring (bicyclic) bond motifs is 1. The highest BCUT2D eigenvalue weighted by atomic mass is 32.2. The summed E-state index contributed by atoms with van der Waals surface area (Å²) in [4.78, 5) is 18.0. The number of carbonyl (C=O) groups excluding carboxylic acids is 1. The Morgan fingerprint density at radius 2 is 1.90 bits per heavy atom. The third kappa shape index (κ3) is 4.21. The molecule has 1 aliphatic heterocycles. The van der Waals surface area contributed by atoms with Gasteiger partial charge < -0.3 is 15.2 Å². The Morgan fingerprint density at radius 3 is 2.57 bits per heavy atom. The van der Waals surface area contributed by atoms with E-state index in [2.05, 4.69) is 40.6 Å². The smallest absolute Gasteiger partial charge is 0.224 e. The number of hydrogen-bond acceptors (Lipinski definition) is 4. The monoisotopic (exact) mass is 425 g/mol. The van der Waals surface area contributed by atoms with Crippen LogP contribution in [0.15, 0.2) is 54.7 Å². The zero-order valence-electron chi connectivity index (χ0n) is 17.3. The lowest BCUT2D eigenvalue weighted by Gasteiger charge is -2.21. The van der Waals surface area contributed by atoms with Crippen LogP contribution in [0.25, 0.3) is 10.9 Å². The van der Waals surface area contributed by atoms with Gasteiger partial charge in [0.2, 0.25) is 5.91 Å². The third-order valence-corrected chi connectivity index (χ3v) is 7.66. The average molecular weight is 426 g/mol. The lowest BCUT2D eigenvalue weighted by atomic mass is 9.90. The minimum Gasteiger partial charge on any atom is -0.378 e. The Morgan fingerprint density at radius 1 is 1.17 bits per heavy atom. The van der Waals surface area contributed by atoms with Gasteiger partial charge in [0.15, 0.2) is 9.84 Å². The second-order valence-electron chi connectivity index (χ2n) is 8.17. The highest BCUT2D eigenvalue weighted by molar-refractivity contribution is 7.91. The number of H-pyrrole nitrogens is 1. The van der Waals surface area contributed by atoms with E-state index in [1.807, 2.05) is 43.4 Å². The Hall–Kier alpha value is -2.80. The van der Waals surface area contributed by atoms with Gasteiger partial charge in [-0.05, 0) is 35.7 Å². The van der Waals surface area contributed by atoms with Gasteiger partial charge in [0.1, 0.15) is 0 Å². The number of aromatic nitrogens is 1. The van der Waals surface area contributed by atoms with E-state index in [-0.39, 0.29) is 23.3 Å². The number of anilines is 1. The van der Waals surface area contributed by atoms with Gasteiger partial charge in [-0.2, -0.15) is 0 Å². The number of nitrogens with one attached hydrogen (secondary N) is 2. The summed E-state index contributed by atoms with van der Waals surface area (Å²) in [7, 11) is 0.917. The molecule has 158 valence electrons. The molecule has 2 aromatic carbocycles. The summed E-state index contributed by atoms with van der Waals surface area (Å²) in [5.74, 6) is -0.614. The van der Waals surface area contributed by atoms with Crippen molar-refractivity contribution in [1.82, 2.24) is 10.3 Å². The first kappa shape index (κ1) is 20.5. The number of nitrogens with zero attached hydrogens (tertiary/aromatic N) is 1. The molecule has 2 N–H and O–H groups in total. The molecule has 0 saturated carbocycles. The van der Waals surface area contributed by atoms with Crippen molar-refractivity contribution >= 4 is 32.3 Å². The number of amides is 1. The standard InChI is InChI=1S/C23H27N3O3S/c1-26(2)18-9-7-16(8-10-18)20(21-14-24-22-6-4-3-5-19(21)22)13-25-23(27)17-11-12-30(28,29)15-17/h3-10,14,17,20,24H,11-13,15H2,1-2H3,(H,25,27)/t17-,20-/m0/s1. The van der Waals surface area contributed by atoms with E-state index in [0.29, 0.717) is 13.0 Å². The predicted molar refractivity (Wildman–Crippen MR) is 121 cm³/mol. The van der Waals surface area contributed by atoms with E-state index in [1.165, 1.54) is 0 Å². The molecule has 3 aromatic rings. The van der Waals surface area contributed by atoms with Crippen molar-refractivity contribution in [3.8, 4) is 0 Å². The maximum Gasteiger partial charge on any atom is 0.224 e. The largest absolute Gasteiger partial charge is 0.378 e. The minimum atomic E-state index is -3.09. The molecule has 1 aliphatic rings. The van der Waals surface area contributed by atoms with Crippen molar-refractivity contribution in [2.24, 2.45) is 5.92 Å². The van der Waals surface area contributed by atoms with Gasteiger partial charge >= 0.3 is 0 Å². The van der Waals surface area contributed by atoms with Gasteiger partial charge in [-0.1, -0.05) is 30.3 Å². The number of rotatable bonds is 6. The maximum absolute atomic E-state index is 12.7. The molecule has 1 saturated heterocycles. The molecule has 0 unspecified atom stereocenters. The van der Waals surface area contributed by atoms with Gasteiger partial charge in [0, 0.05) is 49.3 Å². The Kier molecular flexibility index (Phi) is 5.56. The predicted octanol–water partition coefficient (Wildman–Crippen LogP) is 2.92. The molecule has 1 aromatic heterocycles. The Balaban J connectivity index is 1.61. The fourth-order valence-electron chi connectivity index (χ4n) is 4.14. The number of para-hydroxylation sites is 1. The quantitative estimate of drug-likeness (QED) is 0.636. The van der Waals surface area contributed by atoms with Gasteiger partial charge in [-0.25, -0.2) is 8.42 Å². The average Bonchev–Trinajstić information content (AvgIpc) is 3.32. The highest BCUT2D eigenvalue weighted by Gasteiger charge is 2.33. The molecule has 1 amide bonds. The number of sulfone groups is 1. The van der Waals surface area contributed by atoms with Crippen molar-refractivity contribution in [1.29, 1.82) is 0 Å². The van der Waals surface area contributed by atoms with E-state index < -0.39 is 15.8 Å². The normalized spacial score (nSPS) is 18.9. The molecule has 0 radical (unpaired) electrons. The van der Waals surface area contributed by atoms with E-state index in [9.17, 15) is 13.2 Å². The fraction of sp³-hybridized carbons (Fsp3) is 0.348. The second-order valence-corrected chi connectivity index (χ2v) is 10.4. The van der Waals surface area contributed by atoms with Crippen LogP contribution < -0.4 is 10.2 Å². The number of benzene rings is 2. The number of aromatic amines is 1. The fourth-order valence-corrected chi connectivity index (χ4v) is 5.88. The zero-order valence-corrected chi connectivity index (χ0v) is 18.1.